The van der Waals surface area contributed by atoms with Gasteiger partial charge < -0.3 is 18.3 Å². The van der Waals surface area contributed by atoms with Crippen LogP contribution >= 0.6 is 0 Å². The van der Waals surface area contributed by atoms with Gasteiger partial charge in [0.1, 0.15) is 6.07 Å². The Bertz CT molecular complexity index is 915. The fraction of sp³-hybridized carbons (Fsp3) is 0.412. The van der Waals surface area contributed by atoms with Crippen LogP contribution in [-0.4, -0.2) is 46.2 Å². The lowest BCUT2D eigenvalue weighted by atomic mass is 10.2. The number of hydrogen-bond donors (Lipinski definition) is 0. The Labute approximate surface area is 149 Å². The van der Waals surface area contributed by atoms with E-state index in [1.807, 2.05) is 18.7 Å². The molecule has 9 nitrogen and oxygen atoms in total. The molecule has 1 fully saturated rings. The van der Waals surface area contributed by atoms with Gasteiger partial charge in [0.2, 0.25) is 17.5 Å². The van der Waals surface area contributed by atoms with E-state index in [4.69, 9.17) is 13.4 Å². The Morgan fingerprint density at radius 1 is 1.23 bits per heavy atom. The Morgan fingerprint density at radius 2 is 2.04 bits per heavy atom. The highest BCUT2D eigenvalue weighted by Gasteiger charge is 2.29. The number of aromatic nitrogens is 3. The predicted molar refractivity (Wildman–Crippen MR) is 90.2 cm³/mol. The molecule has 0 radical (unpaired) electrons. The second-order valence-electron chi connectivity index (χ2n) is 6.14. The molecule has 0 saturated carbocycles. The number of nitriles is 1. The number of furan rings is 1. The smallest absolute Gasteiger partial charge is 0.266 e. The molecule has 134 valence electrons. The van der Waals surface area contributed by atoms with Crippen LogP contribution in [0.1, 0.15) is 30.4 Å². The molecule has 0 aromatic carbocycles. The summed E-state index contributed by atoms with van der Waals surface area (Å²) in [4.78, 5) is 12.8. The molecule has 26 heavy (non-hydrogen) atoms. The van der Waals surface area contributed by atoms with Gasteiger partial charge in [-0.25, -0.2) is 0 Å². The summed E-state index contributed by atoms with van der Waals surface area (Å²) in [7, 11) is 0. The van der Waals surface area contributed by atoms with Crippen LogP contribution in [0, 0.1) is 18.3 Å². The van der Waals surface area contributed by atoms with Gasteiger partial charge in [0.05, 0.1) is 12.3 Å². The summed E-state index contributed by atoms with van der Waals surface area (Å²) in [5, 5.41) is 13.2. The second kappa shape index (κ2) is 6.65. The van der Waals surface area contributed by atoms with Crippen molar-refractivity contribution in [1.29, 1.82) is 5.26 Å². The van der Waals surface area contributed by atoms with Crippen LogP contribution in [0.2, 0.25) is 0 Å². The van der Waals surface area contributed by atoms with E-state index in [1.165, 1.54) is 0 Å². The van der Waals surface area contributed by atoms with Crippen molar-refractivity contribution in [2.24, 2.45) is 0 Å². The van der Waals surface area contributed by atoms with Gasteiger partial charge in [-0.3, -0.25) is 4.90 Å². The zero-order chi connectivity index (χ0) is 18.1. The fourth-order valence-electron chi connectivity index (χ4n) is 3.06. The van der Waals surface area contributed by atoms with Crippen LogP contribution in [-0.2, 0) is 0 Å². The van der Waals surface area contributed by atoms with Crippen LogP contribution < -0.4 is 4.90 Å². The van der Waals surface area contributed by atoms with Crippen LogP contribution in [0.4, 0.5) is 5.88 Å². The van der Waals surface area contributed by atoms with E-state index < -0.39 is 0 Å². The first-order valence-corrected chi connectivity index (χ1v) is 8.39. The molecule has 4 rings (SSSR count). The van der Waals surface area contributed by atoms with Crippen LogP contribution in [0.5, 0.6) is 0 Å². The minimum atomic E-state index is 0.0437. The molecule has 0 amide bonds. The molecule has 9 heteroatoms. The maximum Gasteiger partial charge on any atom is 0.266 e. The van der Waals surface area contributed by atoms with E-state index in [0.717, 1.165) is 13.1 Å². The zero-order valence-electron chi connectivity index (χ0n) is 14.5. The summed E-state index contributed by atoms with van der Waals surface area (Å²) in [6.45, 7) is 6.83. The molecule has 0 bridgehead atoms. The van der Waals surface area contributed by atoms with Gasteiger partial charge >= 0.3 is 0 Å². The van der Waals surface area contributed by atoms with Crippen molar-refractivity contribution in [3.05, 3.63) is 35.8 Å². The summed E-state index contributed by atoms with van der Waals surface area (Å²) in [6.07, 6.45) is 1.55. The quantitative estimate of drug-likeness (QED) is 0.697. The molecule has 0 aliphatic carbocycles. The molecule has 3 aromatic rings. The lowest BCUT2D eigenvalue weighted by Crippen LogP contribution is -2.47. The molecule has 0 unspecified atom stereocenters. The molecule has 3 aromatic heterocycles. The Kier molecular flexibility index (Phi) is 4.18. The molecule has 4 heterocycles. The lowest BCUT2D eigenvalue weighted by Gasteiger charge is -2.36. The number of oxazole rings is 1. The van der Waals surface area contributed by atoms with E-state index in [2.05, 4.69) is 26.1 Å². The summed E-state index contributed by atoms with van der Waals surface area (Å²) < 4.78 is 16.4. The summed E-state index contributed by atoms with van der Waals surface area (Å²) in [5.74, 6) is 2.56. The highest BCUT2D eigenvalue weighted by Crippen LogP contribution is 2.30. The summed E-state index contributed by atoms with van der Waals surface area (Å²) in [5.41, 5.74) is 0.269. The van der Waals surface area contributed by atoms with Gasteiger partial charge in [0, 0.05) is 26.2 Å². The SMILES string of the molecule is Cc1noc([C@@H](C)N2CCN(c3oc(-c4ccco4)nc3C#N)CC2)n1. The lowest BCUT2D eigenvalue weighted by molar-refractivity contribution is 0.162. The Morgan fingerprint density at radius 3 is 2.65 bits per heavy atom. The van der Waals surface area contributed by atoms with Gasteiger partial charge in [-0.15, -0.1) is 0 Å². The average Bonchev–Trinajstić information content (AvgIpc) is 3.41. The molecule has 1 saturated heterocycles. The largest absolute Gasteiger partial charge is 0.459 e. The summed E-state index contributed by atoms with van der Waals surface area (Å²) in [6, 6.07) is 5.65. The molecular weight excluding hydrogens is 336 g/mol. The third-order valence-electron chi connectivity index (χ3n) is 4.50. The van der Waals surface area contributed by atoms with Gasteiger partial charge in [0.25, 0.3) is 5.89 Å². The standard InChI is InChI=1S/C17H18N6O3/c1-11(15-19-12(2)21-26-15)22-5-7-23(8-6-22)17-13(10-18)20-16(25-17)14-4-3-9-24-14/h3-4,9,11H,5-8H2,1-2H3/t11-/m1/s1. The monoisotopic (exact) mass is 354 g/mol. The average molecular weight is 354 g/mol. The number of anilines is 1. The second-order valence-corrected chi connectivity index (χ2v) is 6.14. The van der Waals surface area contributed by atoms with Crippen molar-refractivity contribution in [3.63, 3.8) is 0 Å². The van der Waals surface area contributed by atoms with E-state index in [1.54, 1.807) is 18.4 Å². The fourth-order valence-corrected chi connectivity index (χ4v) is 3.06. The topological polar surface area (TPSA) is 108 Å². The maximum atomic E-state index is 9.38. The van der Waals surface area contributed by atoms with E-state index in [-0.39, 0.29) is 11.7 Å². The number of piperazine rings is 1. The first-order chi connectivity index (χ1) is 12.7. The highest BCUT2D eigenvalue weighted by molar-refractivity contribution is 5.55. The van der Waals surface area contributed by atoms with Crippen LogP contribution in [0.15, 0.2) is 31.8 Å². The van der Waals surface area contributed by atoms with Crippen molar-refractivity contribution in [2.75, 3.05) is 31.1 Å². The van der Waals surface area contributed by atoms with Gasteiger partial charge in [0.15, 0.2) is 11.6 Å². The minimum Gasteiger partial charge on any atom is -0.459 e. The van der Waals surface area contributed by atoms with Crippen molar-refractivity contribution < 1.29 is 13.4 Å². The van der Waals surface area contributed by atoms with Crippen molar-refractivity contribution in [2.45, 2.75) is 19.9 Å². The molecule has 1 atom stereocenters. The number of aryl methyl sites for hydroxylation is 1. The molecule has 1 aliphatic rings. The van der Waals surface area contributed by atoms with Crippen molar-refractivity contribution >= 4 is 5.88 Å². The van der Waals surface area contributed by atoms with E-state index in [0.29, 0.717) is 42.3 Å². The first kappa shape index (κ1) is 16.4. The molecular formula is C17H18N6O3. The normalized spacial score (nSPS) is 16.6. The zero-order valence-corrected chi connectivity index (χ0v) is 14.5. The Balaban J connectivity index is 1.47. The Hall–Kier alpha value is -3.12. The molecule has 1 aliphatic heterocycles. The predicted octanol–water partition coefficient (Wildman–Crippen LogP) is 2.38. The van der Waals surface area contributed by atoms with Gasteiger partial charge in [-0.1, -0.05) is 5.16 Å². The van der Waals surface area contributed by atoms with Crippen molar-refractivity contribution in [1.82, 2.24) is 20.0 Å². The van der Waals surface area contributed by atoms with E-state index in [9.17, 15) is 5.26 Å². The molecule has 0 spiro atoms. The first-order valence-electron chi connectivity index (χ1n) is 8.39. The van der Waals surface area contributed by atoms with Crippen LogP contribution in [0.3, 0.4) is 0 Å². The molecule has 0 N–H and O–H groups in total. The highest BCUT2D eigenvalue weighted by atomic mass is 16.5. The van der Waals surface area contributed by atoms with Gasteiger partial charge in [-0.2, -0.15) is 15.2 Å². The number of rotatable bonds is 4. The van der Waals surface area contributed by atoms with Gasteiger partial charge in [-0.05, 0) is 26.0 Å². The third kappa shape index (κ3) is 2.95. The third-order valence-corrected chi connectivity index (χ3v) is 4.50. The minimum absolute atomic E-state index is 0.0437. The number of hydrogen-bond acceptors (Lipinski definition) is 9. The maximum absolute atomic E-state index is 9.38. The summed E-state index contributed by atoms with van der Waals surface area (Å²) >= 11 is 0. The number of nitrogens with zero attached hydrogens (tertiary/aromatic N) is 6. The van der Waals surface area contributed by atoms with Crippen molar-refractivity contribution in [3.8, 4) is 17.7 Å². The van der Waals surface area contributed by atoms with E-state index >= 15 is 0 Å². The van der Waals surface area contributed by atoms with Crippen LogP contribution in [0.25, 0.3) is 11.7 Å².